The first-order valence-electron chi connectivity index (χ1n) is 6.22. The largest absolute Gasteiger partial charge is 0.341 e. The van der Waals surface area contributed by atoms with Crippen LogP contribution in [0.1, 0.15) is 17.5 Å². The number of amides is 1. The van der Waals surface area contributed by atoms with Gasteiger partial charge in [-0.1, -0.05) is 6.07 Å². The van der Waals surface area contributed by atoms with Gasteiger partial charge in [-0.25, -0.2) is 8.78 Å². The van der Waals surface area contributed by atoms with Crippen LogP contribution in [0.2, 0.25) is 0 Å². The zero-order chi connectivity index (χ0) is 14.5. The van der Waals surface area contributed by atoms with Crippen LogP contribution in [0.3, 0.4) is 0 Å². The number of nitrogens with one attached hydrogen (secondary N) is 1. The van der Waals surface area contributed by atoms with Gasteiger partial charge in [-0.05, 0) is 24.1 Å². The Balaban J connectivity index is 1.86. The number of H-pyrrole nitrogens is 1. The number of hydrogen-bond acceptors (Lipinski definition) is 2. The zero-order valence-electron chi connectivity index (χ0n) is 11.1. The Morgan fingerprint density at radius 3 is 2.75 bits per heavy atom. The van der Waals surface area contributed by atoms with Crippen molar-refractivity contribution in [2.45, 2.75) is 19.4 Å². The van der Waals surface area contributed by atoms with E-state index in [1.54, 1.807) is 24.3 Å². The van der Waals surface area contributed by atoms with Gasteiger partial charge in [0.25, 0.3) is 0 Å². The lowest BCUT2D eigenvalue weighted by Crippen LogP contribution is -2.26. The molecule has 0 radical (unpaired) electrons. The molecule has 1 aromatic heterocycles. The summed E-state index contributed by atoms with van der Waals surface area (Å²) in [6, 6.07) is 3.69. The van der Waals surface area contributed by atoms with Crippen LogP contribution < -0.4 is 0 Å². The summed E-state index contributed by atoms with van der Waals surface area (Å²) in [5, 5.41) is 6.48. The molecule has 1 heterocycles. The van der Waals surface area contributed by atoms with Gasteiger partial charge in [0.2, 0.25) is 5.91 Å². The molecule has 0 aliphatic carbocycles. The minimum absolute atomic E-state index is 0.0593. The average Bonchev–Trinajstić information content (AvgIpc) is 2.92. The third-order valence-corrected chi connectivity index (χ3v) is 3.01. The molecule has 0 unspecified atom stereocenters. The maximum absolute atomic E-state index is 13.0. The number of aryl methyl sites for hydroxylation is 1. The lowest BCUT2D eigenvalue weighted by molar-refractivity contribution is -0.130. The molecule has 6 heteroatoms. The first kappa shape index (κ1) is 14.2. The van der Waals surface area contributed by atoms with E-state index in [2.05, 4.69) is 10.2 Å². The molecule has 0 saturated heterocycles. The Hall–Kier alpha value is -2.24. The summed E-state index contributed by atoms with van der Waals surface area (Å²) in [6.45, 7) is 0.465. The van der Waals surface area contributed by atoms with Crippen molar-refractivity contribution in [3.8, 4) is 0 Å². The molecule has 0 fully saturated rings. The van der Waals surface area contributed by atoms with Crippen LogP contribution in [0.25, 0.3) is 0 Å². The second kappa shape index (κ2) is 6.27. The monoisotopic (exact) mass is 279 g/mol. The number of rotatable bonds is 5. The van der Waals surface area contributed by atoms with Gasteiger partial charge >= 0.3 is 0 Å². The number of carbonyl (C=O) groups is 1. The maximum Gasteiger partial charge on any atom is 0.222 e. The second-order valence-corrected chi connectivity index (χ2v) is 4.60. The third-order valence-electron chi connectivity index (χ3n) is 3.01. The van der Waals surface area contributed by atoms with E-state index in [0.29, 0.717) is 18.5 Å². The molecule has 20 heavy (non-hydrogen) atoms. The molecule has 1 amide bonds. The minimum atomic E-state index is -0.887. The summed E-state index contributed by atoms with van der Waals surface area (Å²) < 4.78 is 25.8. The Morgan fingerprint density at radius 2 is 2.10 bits per heavy atom. The highest BCUT2D eigenvalue weighted by molar-refractivity contribution is 5.76. The minimum Gasteiger partial charge on any atom is -0.341 e. The van der Waals surface area contributed by atoms with Crippen molar-refractivity contribution < 1.29 is 13.6 Å². The topological polar surface area (TPSA) is 49.0 Å². The SMILES string of the molecule is CN(Cc1cn[nH]c1)C(=O)CCc1ccc(F)c(F)c1. The van der Waals surface area contributed by atoms with E-state index in [4.69, 9.17) is 0 Å². The van der Waals surface area contributed by atoms with Crippen molar-refractivity contribution in [2.24, 2.45) is 0 Å². The predicted molar refractivity (Wildman–Crippen MR) is 69.7 cm³/mol. The number of aromatic nitrogens is 2. The lowest BCUT2D eigenvalue weighted by atomic mass is 10.1. The fraction of sp³-hybridized carbons (Fsp3) is 0.286. The fourth-order valence-electron chi connectivity index (χ4n) is 1.86. The molecular formula is C14H15F2N3O. The van der Waals surface area contributed by atoms with Crippen LogP contribution in [0, 0.1) is 11.6 Å². The lowest BCUT2D eigenvalue weighted by Gasteiger charge is -2.16. The van der Waals surface area contributed by atoms with E-state index in [0.717, 1.165) is 17.7 Å². The number of hydrogen-bond donors (Lipinski definition) is 1. The molecule has 0 spiro atoms. The van der Waals surface area contributed by atoms with Crippen LogP contribution in [-0.4, -0.2) is 28.1 Å². The van der Waals surface area contributed by atoms with Gasteiger partial charge < -0.3 is 4.90 Å². The molecule has 1 N–H and O–H groups in total. The Morgan fingerprint density at radius 1 is 1.30 bits per heavy atom. The molecule has 4 nitrogen and oxygen atoms in total. The van der Waals surface area contributed by atoms with E-state index >= 15 is 0 Å². The van der Waals surface area contributed by atoms with Gasteiger partial charge in [0.1, 0.15) is 0 Å². The standard InChI is InChI=1S/C14H15F2N3O/c1-19(9-11-7-17-18-8-11)14(20)5-3-10-2-4-12(15)13(16)6-10/h2,4,6-8H,3,5,9H2,1H3,(H,17,18). The Bertz CT molecular complexity index is 584. The van der Waals surface area contributed by atoms with Gasteiger partial charge in [0.05, 0.1) is 6.20 Å². The van der Waals surface area contributed by atoms with E-state index in [1.807, 2.05) is 0 Å². The smallest absolute Gasteiger partial charge is 0.222 e. The highest BCUT2D eigenvalue weighted by Crippen LogP contribution is 2.11. The van der Waals surface area contributed by atoms with Crippen LogP contribution in [0.4, 0.5) is 8.78 Å². The molecule has 1 aromatic carbocycles. The summed E-state index contributed by atoms with van der Waals surface area (Å²) in [6.07, 6.45) is 4.00. The van der Waals surface area contributed by atoms with E-state index in [9.17, 15) is 13.6 Å². The van der Waals surface area contributed by atoms with Crippen molar-refractivity contribution in [3.63, 3.8) is 0 Å². The van der Waals surface area contributed by atoms with E-state index in [1.165, 1.54) is 6.07 Å². The molecule has 0 aliphatic heterocycles. The van der Waals surface area contributed by atoms with Crippen molar-refractivity contribution in [2.75, 3.05) is 7.05 Å². The highest BCUT2D eigenvalue weighted by Gasteiger charge is 2.11. The fourth-order valence-corrected chi connectivity index (χ4v) is 1.86. The number of aromatic amines is 1. The van der Waals surface area contributed by atoms with Crippen molar-refractivity contribution in [1.82, 2.24) is 15.1 Å². The molecule has 0 atom stereocenters. The van der Waals surface area contributed by atoms with Crippen molar-refractivity contribution in [1.29, 1.82) is 0 Å². The normalized spacial score (nSPS) is 10.6. The Kier molecular flexibility index (Phi) is 4.45. The number of benzene rings is 1. The van der Waals surface area contributed by atoms with E-state index < -0.39 is 11.6 Å². The van der Waals surface area contributed by atoms with Gasteiger partial charge in [0, 0.05) is 31.8 Å². The van der Waals surface area contributed by atoms with Crippen molar-refractivity contribution in [3.05, 3.63) is 53.4 Å². The molecule has 2 aromatic rings. The number of halogens is 2. The average molecular weight is 279 g/mol. The van der Waals surface area contributed by atoms with Gasteiger partial charge in [0.15, 0.2) is 11.6 Å². The van der Waals surface area contributed by atoms with Gasteiger partial charge in [-0.3, -0.25) is 9.89 Å². The van der Waals surface area contributed by atoms with Gasteiger partial charge in [-0.15, -0.1) is 0 Å². The third kappa shape index (κ3) is 3.63. The molecule has 0 aliphatic rings. The highest BCUT2D eigenvalue weighted by atomic mass is 19.2. The summed E-state index contributed by atoms with van der Waals surface area (Å²) in [5.41, 5.74) is 1.52. The first-order chi connectivity index (χ1) is 9.56. The molecule has 0 saturated carbocycles. The summed E-state index contributed by atoms with van der Waals surface area (Å²) in [5.74, 6) is -1.82. The Labute approximate surface area is 115 Å². The number of nitrogens with zero attached hydrogens (tertiary/aromatic N) is 2. The number of carbonyl (C=O) groups excluding carboxylic acids is 1. The van der Waals surface area contributed by atoms with Crippen molar-refractivity contribution >= 4 is 5.91 Å². The molecule has 106 valence electrons. The second-order valence-electron chi connectivity index (χ2n) is 4.60. The molecular weight excluding hydrogens is 264 g/mol. The summed E-state index contributed by atoms with van der Waals surface area (Å²) in [7, 11) is 1.70. The summed E-state index contributed by atoms with van der Waals surface area (Å²) >= 11 is 0. The maximum atomic E-state index is 13.0. The van der Waals surface area contributed by atoms with Crippen LogP contribution in [0.15, 0.2) is 30.6 Å². The van der Waals surface area contributed by atoms with Crippen LogP contribution >= 0.6 is 0 Å². The van der Waals surface area contributed by atoms with Gasteiger partial charge in [-0.2, -0.15) is 5.10 Å². The molecule has 0 bridgehead atoms. The predicted octanol–water partition coefficient (Wildman–Crippen LogP) is 2.28. The van der Waals surface area contributed by atoms with Crippen LogP contribution in [0.5, 0.6) is 0 Å². The van der Waals surface area contributed by atoms with Crippen LogP contribution in [-0.2, 0) is 17.8 Å². The first-order valence-corrected chi connectivity index (χ1v) is 6.22. The quantitative estimate of drug-likeness (QED) is 0.912. The summed E-state index contributed by atoms with van der Waals surface area (Å²) in [4.78, 5) is 13.5. The van der Waals surface area contributed by atoms with E-state index in [-0.39, 0.29) is 12.3 Å². The molecule has 2 rings (SSSR count). The zero-order valence-corrected chi connectivity index (χ0v) is 11.1.